The average Bonchev–Trinajstić information content (AvgIpc) is 2.56. The quantitative estimate of drug-likeness (QED) is 0.564. The third-order valence-corrected chi connectivity index (χ3v) is 5.34. The molecule has 1 heterocycles. The Bertz CT molecular complexity index is 696. The Morgan fingerprint density at radius 1 is 1.17 bits per heavy atom. The second-order valence-electron chi connectivity index (χ2n) is 5.67. The molecule has 0 aliphatic carbocycles. The maximum absolute atomic E-state index is 12.3. The van der Waals surface area contributed by atoms with Crippen LogP contribution >= 0.6 is 27.7 Å². The lowest BCUT2D eigenvalue weighted by molar-refractivity contribution is -0.119. The van der Waals surface area contributed by atoms with E-state index < -0.39 is 0 Å². The fourth-order valence-electron chi connectivity index (χ4n) is 2.29. The van der Waals surface area contributed by atoms with Crippen LogP contribution in [0.1, 0.15) is 41.9 Å². The number of rotatable bonds is 6. The van der Waals surface area contributed by atoms with Crippen LogP contribution in [0, 0.1) is 20.8 Å². The van der Waals surface area contributed by atoms with Gasteiger partial charge >= 0.3 is 0 Å². The molecule has 1 N–H and O–H groups in total. The smallest absolute Gasteiger partial charge is 0.230 e. The van der Waals surface area contributed by atoms with Gasteiger partial charge in [0.05, 0.1) is 11.8 Å². The SMILES string of the molecule is CC[C@@H](NC(=O)CSc1nc(C)c(C)c(C)n1)c1ccc(Br)cc1. The van der Waals surface area contributed by atoms with E-state index in [1.165, 1.54) is 11.8 Å². The molecular weight excluding hydrogens is 386 g/mol. The van der Waals surface area contributed by atoms with Crippen molar-refractivity contribution in [3.8, 4) is 0 Å². The van der Waals surface area contributed by atoms with Gasteiger partial charge in [-0.25, -0.2) is 9.97 Å². The highest BCUT2D eigenvalue weighted by molar-refractivity contribution is 9.10. The molecule has 1 aromatic heterocycles. The molecule has 0 unspecified atom stereocenters. The summed E-state index contributed by atoms with van der Waals surface area (Å²) in [6.45, 7) is 8.01. The van der Waals surface area contributed by atoms with Gasteiger partial charge in [-0.15, -0.1) is 0 Å². The summed E-state index contributed by atoms with van der Waals surface area (Å²) in [7, 11) is 0. The Morgan fingerprint density at radius 2 is 1.75 bits per heavy atom. The van der Waals surface area contributed by atoms with E-state index in [-0.39, 0.29) is 11.9 Å². The maximum Gasteiger partial charge on any atom is 0.230 e. The summed E-state index contributed by atoms with van der Waals surface area (Å²) in [5, 5.41) is 3.74. The third kappa shape index (κ3) is 5.05. The van der Waals surface area contributed by atoms with Crippen LogP contribution in [0.4, 0.5) is 0 Å². The topological polar surface area (TPSA) is 54.9 Å². The van der Waals surface area contributed by atoms with Crippen LogP contribution in [0.15, 0.2) is 33.9 Å². The second kappa shape index (κ2) is 8.62. The van der Waals surface area contributed by atoms with Gasteiger partial charge in [-0.05, 0) is 50.5 Å². The molecule has 0 aliphatic rings. The number of benzene rings is 1. The van der Waals surface area contributed by atoms with Crippen molar-refractivity contribution in [1.82, 2.24) is 15.3 Å². The minimum absolute atomic E-state index is 0.00532. The summed E-state index contributed by atoms with van der Waals surface area (Å²) in [4.78, 5) is 21.1. The van der Waals surface area contributed by atoms with Crippen molar-refractivity contribution in [2.45, 2.75) is 45.3 Å². The van der Waals surface area contributed by atoms with Crippen molar-refractivity contribution >= 4 is 33.6 Å². The van der Waals surface area contributed by atoms with Gasteiger partial charge in [-0.2, -0.15) is 0 Å². The lowest BCUT2D eigenvalue weighted by atomic mass is 10.0. The Morgan fingerprint density at radius 3 is 2.29 bits per heavy atom. The Balaban J connectivity index is 1.96. The number of aromatic nitrogens is 2. The zero-order valence-corrected chi connectivity index (χ0v) is 16.8. The van der Waals surface area contributed by atoms with Crippen LogP contribution < -0.4 is 5.32 Å². The first-order chi connectivity index (χ1) is 11.4. The van der Waals surface area contributed by atoms with Gasteiger partial charge in [0.15, 0.2) is 5.16 Å². The van der Waals surface area contributed by atoms with E-state index in [1.807, 2.05) is 45.0 Å². The van der Waals surface area contributed by atoms with E-state index in [0.717, 1.165) is 33.4 Å². The highest BCUT2D eigenvalue weighted by atomic mass is 79.9. The van der Waals surface area contributed by atoms with Crippen LogP contribution in [0.3, 0.4) is 0 Å². The first-order valence-electron chi connectivity index (χ1n) is 7.90. The Kier molecular flexibility index (Phi) is 6.80. The summed E-state index contributed by atoms with van der Waals surface area (Å²) < 4.78 is 1.03. The largest absolute Gasteiger partial charge is 0.349 e. The number of carbonyl (C=O) groups excluding carboxylic acids is 1. The number of thioether (sulfide) groups is 1. The predicted octanol–water partition coefficient (Wildman–Crippen LogP) is 4.52. The van der Waals surface area contributed by atoms with Crippen molar-refractivity contribution < 1.29 is 4.79 Å². The average molecular weight is 408 g/mol. The number of nitrogens with zero attached hydrogens (tertiary/aromatic N) is 2. The molecule has 0 fully saturated rings. The molecule has 1 atom stereocenters. The molecule has 1 amide bonds. The molecule has 4 nitrogen and oxygen atoms in total. The van der Waals surface area contributed by atoms with Crippen LogP contribution in [0.2, 0.25) is 0 Å². The number of halogens is 1. The summed E-state index contributed by atoms with van der Waals surface area (Å²) in [6, 6.07) is 8.06. The lowest BCUT2D eigenvalue weighted by Crippen LogP contribution is -2.29. The summed E-state index contributed by atoms with van der Waals surface area (Å²) in [5.41, 5.74) is 4.14. The van der Waals surface area contributed by atoms with E-state index in [0.29, 0.717) is 10.9 Å². The first kappa shape index (κ1) is 18.9. The van der Waals surface area contributed by atoms with Crippen LogP contribution in [0.5, 0.6) is 0 Å². The highest BCUT2D eigenvalue weighted by Crippen LogP contribution is 2.21. The zero-order valence-electron chi connectivity index (χ0n) is 14.4. The fourth-order valence-corrected chi connectivity index (χ4v) is 3.30. The van der Waals surface area contributed by atoms with Crippen molar-refractivity contribution in [2.24, 2.45) is 0 Å². The normalized spacial score (nSPS) is 12.0. The minimum Gasteiger partial charge on any atom is -0.349 e. The van der Waals surface area contributed by atoms with Crippen molar-refractivity contribution in [2.75, 3.05) is 5.75 Å². The van der Waals surface area contributed by atoms with E-state index in [2.05, 4.69) is 38.1 Å². The highest BCUT2D eigenvalue weighted by Gasteiger charge is 2.14. The molecule has 0 bridgehead atoms. The minimum atomic E-state index is -0.00532. The number of carbonyl (C=O) groups is 1. The molecule has 2 aromatic rings. The standard InChI is InChI=1S/C18H22BrN3OS/c1-5-16(14-6-8-15(19)9-7-14)22-17(23)10-24-18-20-12(3)11(2)13(4)21-18/h6-9,16H,5,10H2,1-4H3,(H,22,23)/t16-/m1/s1. The molecule has 0 spiro atoms. The van der Waals surface area contributed by atoms with E-state index in [9.17, 15) is 4.79 Å². The van der Waals surface area contributed by atoms with Gasteiger partial charge in [0.1, 0.15) is 0 Å². The van der Waals surface area contributed by atoms with Gasteiger partial charge in [-0.3, -0.25) is 4.79 Å². The predicted molar refractivity (Wildman–Crippen MR) is 102 cm³/mol. The second-order valence-corrected chi connectivity index (χ2v) is 7.53. The van der Waals surface area contributed by atoms with Gasteiger partial charge in [-0.1, -0.05) is 46.7 Å². The van der Waals surface area contributed by atoms with E-state index in [4.69, 9.17) is 0 Å². The molecule has 6 heteroatoms. The van der Waals surface area contributed by atoms with E-state index >= 15 is 0 Å². The summed E-state index contributed by atoms with van der Waals surface area (Å²) >= 11 is 4.80. The molecule has 0 aliphatic heterocycles. The van der Waals surface area contributed by atoms with Crippen LogP contribution in [-0.4, -0.2) is 21.6 Å². The van der Waals surface area contributed by atoms with Gasteiger partial charge in [0, 0.05) is 15.9 Å². The van der Waals surface area contributed by atoms with Crippen LogP contribution in [-0.2, 0) is 4.79 Å². The first-order valence-corrected chi connectivity index (χ1v) is 9.68. The molecular formula is C18H22BrN3OS. The summed E-state index contributed by atoms with van der Waals surface area (Å²) in [6.07, 6.45) is 0.845. The third-order valence-electron chi connectivity index (χ3n) is 3.96. The Labute approximate surface area is 156 Å². The summed E-state index contributed by atoms with van der Waals surface area (Å²) in [5.74, 6) is 0.309. The molecule has 1 aromatic carbocycles. The monoisotopic (exact) mass is 407 g/mol. The molecule has 24 heavy (non-hydrogen) atoms. The number of hydrogen-bond acceptors (Lipinski definition) is 4. The van der Waals surface area contributed by atoms with Gasteiger partial charge < -0.3 is 5.32 Å². The molecule has 0 saturated heterocycles. The van der Waals surface area contributed by atoms with E-state index in [1.54, 1.807) is 0 Å². The number of aryl methyl sites for hydroxylation is 2. The molecule has 0 radical (unpaired) electrons. The van der Waals surface area contributed by atoms with Gasteiger partial charge in [0.2, 0.25) is 5.91 Å². The van der Waals surface area contributed by atoms with Crippen molar-refractivity contribution in [1.29, 1.82) is 0 Å². The number of nitrogens with one attached hydrogen (secondary N) is 1. The van der Waals surface area contributed by atoms with Crippen LogP contribution in [0.25, 0.3) is 0 Å². The Hall–Kier alpha value is -1.40. The molecule has 128 valence electrons. The maximum atomic E-state index is 12.3. The number of hydrogen-bond donors (Lipinski definition) is 1. The zero-order chi connectivity index (χ0) is 17.7. The van der Waals surface area contributed by atoms with Crippen molar-refractivity contribution in [3.63, 3.8) is 0 Å². The van der Waals surface area contributed by atoms with Gasteiger partial charge in [0.25, 0.3) is 0 Å². The van der Waals surface area contributed by atoms with Crippen molar-refractivity contribution in [3.05, 3.63) is 51.3 Å². The fraction of sp³-hybridized carbons (Fsp3) is 0.389. The molecule has 2 rings (SSSR count). The lowest BCUT2D eigenvalue weighted by Gasteiger charge is -2.17. The number of amides is 1. The molecule has 0 saturated carbocycles.